The summed E-state index contributed by atoms with van der Waals surface area (Å²) in [4.78, 5) is 40.9. The molecule has 126 valence electrons. The Morgan fingerprint density at radius 1 is 0.826 bits per heavy atom. The van der Waals surface area contributed by atoms with Crippen molar-refractivity contribution in [3.8, 4) is 0 Å². The van der Waals surface area contributed by atoms with Crippen LogP contribution in [0, 0.1) is 11.8 Å². The minimum Gasteiger partial charge on any atom is -0.299 e. The minimum absolute atomic E-state index is 0.0355. The molecule has 2 unspecified atom stereocenters. The van der Waals surface area contributed by atoms with Crippen molar-refractivity contribution >= 4 is 35.4 Å². The van der Waals surface area contributed by atoms with Crippen molar-refractivity contribution in [3.63, 3.8) is 0 Å². The highest BCUT2D eigenvalue weighted by molar-refractivity contribution is 6.15. The third-order valence-corrected chi connectivity index (χ3v) is 3.68. The largest absolute Gasteiger partial charge is 0.299 e. The lowest BCUT2D eigenvalue weighted by molar-refractivity contribution is -0.118. The molecular weight excluding hydrogens is 292 g/mol. The van der Waals surface area contributed by atoms with Gasteiger partial charge in [-0.1, -0.05) is 0 Å². The first kappa shape index (κ1) is 19.1. The van der Waals surface area contributed by atoms with Crippen LogP contribution in [0.25, 0.3) is 0 Å². The van der Waals surface area contributed by atoms with Gasteiger partial charge in [0.1, 0.15) is 11.6 Å². The number of aliphatic imine (C=N–C) groups is 4. The van der Waals surface area contributed by atoms with Gasteiger partial charge in [0.05, 0.1) is 24.9 Å². The molecule has 1 heterocycles. The molecule has 0 aromatic rings. The lowest BCUT2D eigenvalue weighted by atomic mass is 10.0. The van der Waals surface area contributed by atoms with Gasteiger partial charge in [-0.3, -0.25) is 29.6 Å². The number of ketones is 2. The summed E-state index contributed by atoms with van der Waals surface area (Å²) in [7, 11) is 0. The van der Waals surface area contributed by atoms with Gasteiger partial charge in [-0.15, -0.1) is 0 Å². The third-order valence-electron chi connectivity index (χ3n) is 3.68. The number of Topliss-reactive ketones (excluding diaryl/α,β-unsaturated/α-hetero) is 2. The molecule has 1 aliphatic heterocycles. The van der Waals surface area contributed by atoms with Gasteiger partial charge >= 0.3 is 0 Å². The Hall–Kier alpha value is -1.98. The summed E-state index contributed by atoms with van der Waals surface area (Å²) in [5.74, 6) is -0.653. The van der Waals surface area contributed by atoms with Crippen LogP contribution in [0.15, 0.2) is 20.0 Å². The Kier molecular flexibility index (Phi) is 8.22. The molecule has 2 atom stereocenters. The van der Waals surface area contributed by atoms with E-state index in [9.17, 15) is 9.59 Å². The maximum absolute atomic E-state index is 11.7. The second-order valence-corrected chi connectivity index (χ2v) is 5.69. The Bertz CT molecular complexity index is 499. The summed E-state index contributed by atoms with van der Waals surface area (Å²) in [5, 5.41) is 0. The van der Waals surface area contributed by atoms with Gasteiger partial charge in [0, 0.05) is 36.9 Å². The van der Waals surface area contributed by atoms with Crippen LogP contribution in [0.2, 0.25) is 0 Å². The quantitative estimate of drug-likeness (QED) is 0.778. The van der Waals surface area contributed by atoms with Crippen LogP contribution in [0.5, 0.6) is 0 Å². The molecule has 0 aromatic heterocycles. The Labute approximate surface area is 137 Å². The van der Waals surface area contributed by atoms with Crippen molar-refractivity contribution in [1.29, 1.82) is 0 Å². The molecular formula is C17H26N4O2. The summed E-state index contributed by atoms with van der Waals surface area (Å²) in [6.07, 6.45) is 4.08. The third kappa shape index (κ3) is 6.76. The first-order valence-electron chi connectivity index (χ1n) is 7.96. The van der Waals surface area contributed by atoms with Crippen molar-refractivity contribution in [1.82, 2.24) is 0 Å². The summed E-state index contributed by atoms with van der Waals surface area (Å²) in [6, 6.07) is 0. The molecule has 1 aliphatic rings. The summed E-state index contributed by atoms with van der Waals surface area (Å²) >= 11 is 0. The highest BCUT2D eigenvalue weighted by Crippen LogP contribution is 2.03. The molecule has 0 N–H and O–H groups in total. The van der Waals surface area contributed by atoms with Crippen molar-refractivity contribution in [2.75, 3.05) is 26.2 Å². The van der Waals surface area contributed by atoms with E-state index in [2.05, 4.69) is 20.0 Å². The van der Waals surface area contributed by atoms with Crippen LogP contribution in [0.1, 0.15) is 34.1 Å². The first-order valence-corrected chi connectivity index (χ1v) is 7.96. The van der Waals surface area contributed by atoms with Crippen LogP contribution in [0.3, 0.4) is 0 Å². The number of hydrogen-bond acceptors (Lipinski definition) is 6. The average molecular weight is 318 g/mol. The fourth-order valence-corrected chi connectivity index (χ4v) is 2.27. The number of carbonyl (C=O) groups excluding carboxylic acids is 2. The monoisotopic (exact) mass is 318 g/mol. The molecule has 0 amide bonds. The summed E-state index contributed by atoms with van der Waals surface area (Å²) in [5.41, 5.74) is 1.56. The van der Waals surface area contributed by atoms with Crippen molar-refractivity contribution in [3.05, 3.63) is 0 Å². The maximum Gasteiger partial charge on any atom is 0.143 e. The molecule has 0 saturated carbocycles. The Morgan fingerprint density at radius 3 is 1.57 bits per heavy atom. The second-order valence-electron chi connectivity index (χ2n) is 5.69. The van der Waals surface area contributed by atoms with Gasteiger partial charge in [0.2, 0.25) is 0 Å². The standard InChI is InChI=1S/C17H26N4O2/c1-12-16(14(3)22)10-18-8-9-19-11-17(15(4)23)13(2)21-7-5-6-20-12/h10-11,16-17H,5-9H2,1-4H3. The molecule has 6 nitrogen and oxygen atoms in total. The van der Waals surface area contributed by atoms with E-state index in [0.717, 1.165) is 17.8 Å². The molecule has 0 aromatic carbocycles. The second kappa shape index (κ2) is 9.92. The van der Waals surface area contributed by atoms with Crippen molar-refractivity contribution in [2.45, 2.75) is 34.1 Å². The Balaban J connectivity index is 2.93. The zero-order valence-corrected chi connectivity index (χ0v) is 14.5. The molecule has 0 spiro atoms. The SMILES string of the molecule is CC(=O)C1C=NCCN=CC(C(C)=O)C(C)=NCCCN=C1C. The summed E-state index contributed by atoms with van der Waals surface area (Å²) < 4.78 is 0. The van der Waals surface area contributed by atoms with E-state index in [0.29, 0.717) is 26.2 Å². The van der Waals surface area contributed by atoms with Crippen LogP contribution >= 0.6 is 0 Å². The van der Waals surface area contributed by atoms with Gasteiger partial charge in [0.25, 0.3) is 0 Å². The average Bonchev–Trinajstić information content (AvgIpc) is 2.48. The number of nitrogens with zero attached hydrogens (tertiary/aromatic N) is 4. The van der Waals surface area contributed by atoms with Crippen LogP contribution in [-0.4, -0.2) is 61.6 Å². The van der Waals surface area contributed by atoms with Crippen molar-refractivity contribution < 1.29 is 9.59 Å². The van der Waals surface area contributed by atoms with E-state index in [1.54, 1.807) is 26.3 Å². The van der Waals surface area contributed by atoms with Crippen LogP contribution in [0.4, 0.5) is 0 Å². The number of hydrogen-bond donors (Lipinski definition) is 0. The lowest BCUT2D eigenvalue weighted by Crippen LogP contribution is -2.22. The topological polar surface area (TPSA) is 83.6 Å². The number of carbonyl (C=O) groups is 2. The molecule has 1 rings (SSSR count). The molecule has 23 heavy (non-hydrogen) atoms. The predicted molar refractivity (Wildman–Crippen MR) is 95.6 cm³/mol. The van der Waals surface area contributed by atoms with Gasteiger partial charge < -0.3 is 0 Å². The molecule has 0 saturated heterocycles. The fourth-order valence-electron chi connectivity index (χ4n) is 2.27. The van der Waals surface area contributed by atoms with E-state index >= 15 is 0 Å². The van der Waals surface area contributed by atoms with Crippen molar-refractivity contribution in [2.24, 2.45) is 31.8 Å². The van der Waals surface area contributed by atoms with Gasteiger partial charge in [-0.2, -0.15) is 0 Å². The zero-order valence-electron chi connectivity index (χ0n) is 14.5. The molecule has 0 fully saturated rings. The zero-order chi connectivity index (χ0) is 17.2. The molecule has 0 bridgehead atoms. The summed E-state index contributed by atoms with van der Waals surface area (Å²) in [6.45, 7) is 8.99. The normalized spacial score (nSPS) is 24.2. The van der Waals surface area contributed by atoms with Gasteiger partial charge in [-0.05, 0) is 34.1 Å². The molecule has 0 radical (unpaired) electrons. The maximum atomic E-state index is 11.7. The van der Waals surface area contributed by atoms with Gasteiger partial charge in [-0.25, -0.2) is 0 Å². The lowest BCUT2D eigenvalue weighted by Gasteiger charge is -2.08. The highest BCUT2D eigenvalue weighted by Gasteiger charge is 2.16. The Morgan fingerprint density at radius 2 is 1.22 bits per heavy atom. The molecule has 6 heteroatoms. The van der Waals surface area contributed by atoms with E-state index < -0.39 is 0 Å². The van der Waals surface area contributed by atoms with E-state index in [-0.39, 0.29) is 23.4 Å². The van der Waals surface area contributed by atoms with E-state index in [1.165, 1.54) is 0 Å². The highest BCUT2D eigenvalue weighted by atomic mass is 16.1. The van der Waals surface area contributed by atoms with Gasteiger partial charge in [0.15, 0.2) is 0 Å². The first-order chi connectivity index (χ1) is 10.9. The fraction of sp³-hybridized carbons (Fsp3) is 0.647. The molecule has 0 aliphatic carbocycles. The smallest absolute Gasteiger partial charge is 0.143 e. The van der Waals surface area contributed by atoms with Crippen LogP contribution < -0.4 is 0 Å². The van der Waals surface area contributed by atoms with Crippen LogP contribution in [-0.2, 0) is 9.59 Å². The number of rotatable bonds is 2. The van der Waals surface area contributed by atoms with E-state index in [1.807, 2.05) is 13.8 Å². The predicted octanol–water partition coefficient (Wildman–Crippen LogP) is 1.86. The minimum atomic E-state index is -0.362. The van der Waals surface area contributed by atoms with E-state index in [4.69, 9.17) is 0 Å².